The zero-order valence-electron chi connectivity index (χ0n) is 22.0. The van der Waals surface area contributed by atoms with E-state index < -0.39 is 0 Å². The normalized spacial score (nSPS) is 14.3. The van der Waals surface area contributed by atoms with Crippen LogP contribution in [0.3, 0.4) is 0 Å². The average molecular weight is 593 g/mol. The number of aromatic nitrogens is 4. The minimum Gasteiger partial charge on any atom is -0.379 e. The van der Waals surface area contributed by atoms with Crippen LogP contribution in [0.5, 0.6) is 0 Å². The van der Waals surface area contributed by atoms with Crippen molar-refractivity contribution in [2.24, 2.45) is 0 Å². The molecule has 2 amide bonds. The van der Waals surface area contributed by atoms with Gasteiger partial charge in [0.15, 0.2) is 0 Å². The number of nitrogens with one attached hydrogen (secondary N) is 2. The Morgan fingerprint density at radius 1 is 1.08 bits per heavy atom. The first kappa shape index (κ1) is 29.3. The van der Waals surface area contributed by atoms with Crippen molar-refractivity contribution in [2.45, 2.75) is 31.3 Å². The van der Waals surface area contributed by atoms with Gasteiger partial charge in [0.2, 0.25) is 11.1 Å². The van der Waals surface area contributed by atoms with Crippen molar-refractivity contribution in [1.29, 1.82) is 0 Å². The lowest BCUT2D eigenvalue weighted by atomic mass is 9.87. The molecule has 2 N–H and O–H groups in total. The third kappa shape index (κ3) is 7.92. The van der Waals surface area contributed by atoms with E-state index in [0.717, 1.165) is 25.2 Å². The maximum absolute atomic E-state index is 12.7. The highest BCUT2D eigenvalue weighted by atomic mass is 35.5. The molecule has 1 aliphatic rings. The van der Waals surface area contributed by atoms with Crippen LogP contribution < -0.4 is 10.6 Å². The fourth-order valence-corrected chi connectivity index (χ4v) is 5.07. The number of hydrogen-bond donors (Lipinski definition) is 2. The minimum atomic E-state index is -0.298. The SMILES string of the molecule is CC(C)(C)c1ccc(-n2nnnc2SCC(=O)Nc2ccc(C(=O)NCCN3CCOCC3)cc2Cl)c(Cl)c1. The second-order valence-corrected chi connectivity index (χ2v) is 11.8. The maximum Gasteiger partial charge on any atom is 0.251 e. The molecular weight excluding hydrogens is 561 g/mol. The fraction of sp³-hybridized carbons (Fsp3) is 0.423. The first-order chi connectivity index (χ1) is 18.6. The van der Waals surface area contributed by atoms with Crippen molar-refractivity contribution in [1.82, 2.24) is 30.4 Å². The number of morpholine rings is 1. The standard InChI is InChI=1S/C26H31Cl2N7O3S/c1-26(2,3)18-5-7-22(20(28)15-18)35-25(31-32-33-35)39-16-23(36)30-21-6-4-17(14-19(21)27)24(37)29-8-9-34-10-12-38-13-11-34/h4-7,14-15H,8-13,16H2,1-3H3,(H,29,37)(H,30,36). The lowest BCUT2D eigenvalue weighted by molar-refractivity contribution is -0.113. The molecule has 208 valence electrons. The summed E-state index contributed by atoms with van der Waals surface area (Å²) in [7, 11) is 0. The van der Waals surface area contributed by atoms with Gasteiger partial charge in [0, 0.05) is 31.7 Å². The Kier molecular flexibility index (Phi) is 9.84. The van der Waals surface area contributed by atoms with Crippen LogP contribution in [-0.2, 0) is 14.9 Å². The molecule has 39 heavy (non-hydrogen) atoms. The van der Waals surface area contributed by atoms with E-state index in [2.05, 4.69) is 51.8 Å². The van der Waals surface area contributed by atoms with E-state index in [1.54, 1.807) is 12.1 Å². The number of ether oxygens (including phenoxy) is 1. The number of rotatable bonds is 9. The molecule has 0 saturated carbocycles. The molecule has 2 heterocycles. The van der Waals surface area contributed by atoms with E-state index in [-0.39, 0.29) is 28.0 Å². The summed E-state index contributed by atoms with van der Waals surface area (Å²) in [5, 5.41) is 18.7. The number of carbonyl (C=O) groups excluding carboxylic acids is 2. The number of carbonyl (C=O) groups is 2. The molecule has 1 aliphatic heterocycles. The van der Waals surface area contributed by atoms with Crippen LogP contribution in [0.1, 0.15) is 36.7 Å². The van der Waals surface area contributed by atoms with E-state index in [1.165, 1.54) is 22.5 Å². The molecule has 1 aromatic heterocycles. The highest BCUT2D eigenvalue weighted by Gasteiger charge is 2.19. The Labute approximate surface area is 241 Å². The summed E-state index contributed by atoms with van der Waals surface area (Å²) in [6.07, 6.45) is 0. The van der Waals surface area contributed by atoms with E-state index in [4.69, 9.17) is 27.9 Å². The summed E-state index contributed by atoms with van der Waals surface area (Å²) in [6.45, 7) is 10.8. The lowest BCUT2D eigenvalue weighted by Gasteiger charge is -2.26. The summed E-state index contributed by atoms with van der Waals surface area (Å²) >= 11 is 14.1. The molecule has 10 nitrogen and oxygen atoms in total. The van der Waals surface area contributed by atoms with Gasteiger partial charge in [-0.2, -0.15) is 4.68 Å². The third-order valence-corrected chi connectivity index (χ3v) is 7.67. The number of thioether (sulfide) groups is 1. The Morgan fingerprint density at radius 2 is 1.85 bits per heavy atom. The van der Waals surface area contributed by atoms with Crippen LogP contribution in [0, 0.1) is 0 Å². The second kappa shape index (κ2) is 13.1. The van der Waals surface area contributed by atoms with Crippen molar-refractivity contribution in [3.05, 3.63) is 57.6 Å². The lowest BCUT2D eigenvalue weighted by Crippen LogP contribution is -2.41. The third-order valence-electron chi connectivity index (χ3n) is 6.14. The topological polar surface area (TPSA) is 114 Å². The molecular formula is C26H31Cl2N7O3S. The smallest absolute Gasteiger partial charge is 0.251 e. The average Bonchev–Trinajstić information content (AvgIpc) is 3.37. The van der Waals surface area contributed by atoms with Gasteiger partial charge in [-0.05, 0) is 51.7 Å². The van der Waals surface area contributed by atoms with Crippen molar-refractivity contribution in [3.8, 4) is 5.69 Å². The summed E-state index contributed by atoms with van der Waals surface area (Å²) in [6, 6.07) is 10.5. The Bertz CT molecular complexity index is 1320. The number of benzene rings is 2. The van der Waals surface area contributed by atoms with Gasteiger partial charge in [0.25, 0.3) is 5.91 Å². The van der Waals surface area contributed by atoms with Gasteiger partial charge in [0.05, 0.1) is 40.4 Å². The Balaban J connectivity index is 1.30. The van der Waals surface area contributed by atoms with Crippen LogP contribution in [-0.4, -0.2) is 82.1 Å². The summed E-state index contributed by atoms with van der Waals surface area (Å²) < 4.78 is 6.84. The molecule has 1 fully saturated rings. The number of tetrazole rings is 1. The van der Waals surface area contributed by atoms with Gasteiger partial charge < -0.3 is 15.4 Å². The molecule has 1 saturated heterocycles. The molecule has 4 rings (SSSR count). The van der Waals surface area contributed by atoms with Gasteiger partial charge in [-0.3, -0.25) is 14.5 Å². The molecule has 0 atom stereocenters. The van der Waals surface area contributed by atoms with E-state index in [1.807, 2.05) is 18.2 Å². The van der Waals surface area contributed by atoms with Gasteiger partial charge in [0.1, 0.15) is 0 Å². The van der Waals surface area contributed by atoms with Crippen LogP contribution in [0.4, 0.5) is 5.69 Å². The number of anilines is 1. The van der Waals surface area contributed by atoms with E-state index in [0.29, 0.717) is 46.9 Å². The fourth-order valence-electron chi connectivity index (χ4n) is 3.89. The maximum atomic E-state index is 12.7. The monoisotopic (exact) mass is 591 g/mol. The summed E-state index contributed by atoms with van der Waals surface area (Å²) in [5.74, 6) is -0.481. The van der Waals surface area contributed by atoms with E-state index >= 15 is 0 Å². The number of nitrogens with zero attached hydrogens (tertiary/aromatic N) is 5. The van der Waals surface area contributed by atoms with Crippen LogP contribution >= 0.6 is 35.0 Å². The molecule has 2 aromatic carbocycles. The Hall–Kier alpha value is -2.70. The quantitative estimate of drug-likeness (QED) is 0.358. The summed E-state index contributed by atoms with van der Waals surface area (Å²) in [5.41, 5.74) is 2.49. The molecule has 3 aromatic rings. The van der Waals surface area contributed by atoms with Gasteiger partial charge in [-0.25, -0.2) is 0 Å². The van der Waals surface area contributed by atoms with Crippen LogP contribution in [0.15, 0.2) is 41.6 Å². The number of amides is 2. The molecule has 0 bridgehead atoms. The predicted octanol–water partition coefficient (Wildman–Crippen LogP) is 4.06. The molecule has 0 spiro atoms. The highest BCUT2D eigenvalue weighted by Crippen LogP contribution is 2.30. The van der Waals surface area contributed by atoms with Gasteiger partial charge >= 0.3 is 0 Å². The largest absolute Gasteiger partial charge is 0.379 e. The predicted molar refractivity (Wildman–Crippen MR) is 153 cm³/mol. The molecule has 0 aliphatic carbocycles. The molecule has 0 radical (unpaired) electrons. The molecule has 13 heteroatoms. The second-order valence-electron chi connectivity index (χ2n) is 10.0. The van der Waals surface area contributed by atoms with Gasteiger partial charge in [-0.1, -0.05) is 61.8 Å². The minimum absolute atomic E-state index is 0.0399. The first-order valence-corrected chi connectivity index (χ1v) is 14.3. The van der Waals surface area contributed by atoms with Crippen molar-refractivity contribution in [2.75, 3.05) is 50.5 Å². The zero-order chi connectivity index (χ0) is 28.0. The summed E-state index contributed by atoms with van der Waals surface area (Å²) in [4.78, 5) is 27.4. The highest BCUT2D eigenvalue weighted by molar-refractivity contribution is 7.99. The number of hydrogen-bond acceptors (Lipinski definition) is 8. The van der Waals surface area contributed by atoms with E-state index in [9.17, 15) is 9.59 Å². The van der Waals surface area contributed by atoms with Gasteiger partial charge in [-0.15, -0.1) is 5.10 Å². The number of halogens is 2. The molecule has 0 unspecified atom stereocenters. The van der Waals surface area contributed by atoms with Crippen molar-refractivity contribution >= 4 is 52.5 Å². The zero-order valence-corrected chi connectivity index (χ0v) is 24.4. The van der Waals surface area contributed by atoms with Crippen LogP contribution in [0.2, 0.25) is 10.0 Å². The van der Waals surface area contributed by atoms with Crippen molar-refractivity contribution in [3.63, 3.8) is 0 Å². The van der Waals surface area contributed by atoms with Crippen molar-refractivity contribution < 1.29 is 14.3 Å². The first-order valence-electron chi connectivity index (χ1n) is 12.5. The Morgan fingerprint density at radius 3 is 2.54 bits per heavy atom. The van der Waals surface area contributed by atoms with Crippen LogP contribution in [0.25, 0.3) is 5.69 Å².